The summed E-state index contributed by atoms with van der Waals surface area (Å²) in [6.45, 7) is 5.75. The van der Waals surface area contributed by atoms with Crippen LogP contribution in [0.15, 0.2) is 36.5 Å². The van der Waals surface area contributed by atoms with E-state index in [0.717, 1.165) is 11.3 Å². The SMILES string of the molecule is CCNC(=O)[C@@H]1C[C@H](NC(=O)c2ccccc2)CN1Cc1cn(C)nc1C. The number of nitrogens with zero attached hydrogens (tertiary/aromatic N) is 3. The van der Waals surface area contributed by atoms with Crippen molar-refractivity contribution in [1.82, 2.24) is 25.3 Å². The molecule has 7 heteroatoms. The number of amides is 2. The zero-order valence-corrected chi connectivity index (χ0v) is 16.1. The zero-order chi connectivity index (χ0) is 19.4. The molecule has 0 unspecified atom stereocenters. The molecule has 1 fully saturated rings. The molecule has 2 atom stereocenters. The Morgan fingerprint density at radius 2 is 2.00 bits per heavy atom. The molecule has 27 heavy (non-hydrogen) atoms. The van der Waals surface area contributed by atoms with Crippen molar-refractivity contribution in [3.8, 4) is 0 Å². The Kier molecular flexibility index (Phi) is 5.91. The normalized spacial score (nSPS) is 19.8. The maximum atomic E-state index is 12.6. The van der Waals surface area contributed by atoms with Gasteiger partial charge in [-0.1, -0.05) is 18.2 Å². The summed E-state index contributed by atoms with van der Waals surface area (Å²) in [4.78, 5) is 27.2. The quantitative estimate of drug-likeness (QED) is 0.803. The maximum absolute atomic E-state index is 12.6. The Morgan fingerprint density at radius 3 is 2.63 bits per heavy atom. The molecule has 2 heterocycles. The molecule has 144 valence electrons. The monoisotopic (exact) mass is 369 g/mol. The van der Waals surface area contributed by atoms with Gasteiger partial charge in [0.25, 0.3) is 5.91 Å². The van der Waals surface area contributed by atoms with Crippen LogP contribution in [0.2, 0.25) is 0 Å². The van der Waals surface area contributed by atoms with Gasteiger partial charge >= 0.3 is 0 Å². The summed E-state index contributed by atoms with van der Waals surface area (Å²) >= 11 is 0. The summed E-state index contributed by atoms with van der Waals surface area (Å²) in [6, 6.07) is 8.84. The lowest BCUT2D eigenvalue weighted by molar-refractivity contribution is -0.125. The predicted octanol–water partition coefficient (Wildman–Crippen LogP) is 1.24. The van der Waals surface area contributed by atoms with Crippen molar-refractivity contribution in [1.29, 1.82) is 0 Å². The van der Waals surface area contributed by atoms with Gasteiger partial charge < -0.3 is 10.6 Å². The van der Waals surface area contributed by atoms with Gasteiger partial charge in [0.1, 0.15) is 0 Å². The Balaban J connectivity index is 1.71. The van der Waals surface area contributed by atoms with Crippen LogP contribution < -0.4 is 10.6 Å². The van der Waals surface area contributed by atoms with Crippen LogP contribution in [0.25, 0.3) is 0 Å². The van der Waals surface area contributed by atoms with E-state index in [9.17, 15) is 9.59 Å². The number of carbonyl (C=O) groups excluding carboxylic acids is 2. The molecule has 1 aromatic heterocycles. The number of hydrogen-bond acceptors (Lipinski definition) is 4. The van der Waals surface area contributed by atoms with E-state index in [1.165, 1.54) is 0 Å². The van der Waals surface area contributed by atoms with Crippen LogP contribution in [0, 0.1) is 6.92 Å². The van der Waals surface area contributed by atoms with Crippen molar-refractivity contribution >= 4 is 11.8 Å². The minimum Gasteiger partial charge on any atom is -0.355 e. The lowest BCUT2D eigenvalue weighted by Crippen LogP contribution is -2.42. The highest BCUT2D eigenvalue weighted by Gasteiger charge is 2.37. The Bertz CT molecular complexity index is 802. The standard InChI is InChI=1S/C20H27N5O2/c1-4-21-20(27)18-10-17(22-19(26)15-8-6-5-7-9-15)13-25(18)12-16-11-24(3)23-14(16)2/h5-9,11,17-18H,4,10,12-13H2,1-3H3,(H,21,27)(H,22,26)/t17-,18-/m0/s1. The van der Waals surface area contributed by atoms with E-state index in [0.29, 0.717) is 31.6 Å². The molecule has 2 N–H and O–H groups in total. The van der Waals surface area contributed by atoms with E-state index >= 15 is 0 Å². The van der Waals surface area contributed by atoms with Crippen molar-refractivity contribution in [2.24, 2.45) is 7.05 Å². The Morgan fingerprint density at radius 1 is 1.26 bits per heavy atom. The summed E-state index contributed by atoms with van der Waals surface area (Å²) in [5.74, 6) is -0.0924. The van der Waals surface area contributed by atoms with Gasteiger partial charge in [0.15, 0.2) is 0 Å². The van der Waals surface area contributed by atoms with Crippen LogP contribution >= 0.6 is 0 Å². The summed E-state index contributed by atoms with van der Waals surface area (Å²) in [5, 5.41) is 10.4. The number of hydrogen-bond donors (Lipinski definition) is 2. The molecule has 0 spiro atoms. The van der Waals surface area contributed by atoms with Gasteiger partial charge in [-0.15, -0.1) is 0 Å². The first-order valence-corrected chi connectivity index (χ1v) is 9.34. The van der Waals surface area contributed by atoms with Gasteiger partial charge in [-0.2, -0.15) is 5.10 Å². The van der Waals surface area contributed by atoms with E-state index in [-0.39, 0.29) is 23.9 Å². The molecule has 2 amide bonds. The first-order chi connectivity index (χ1) is 13.0. The van der Waals surface area contributed by atoms with Gasteiger partial charge in [0, 0.05) is 50.0 Å². The van der Waals surface area contributed by atoms with Crippen LogP contribution in [0.3, 0.4) is 0 Å². The molecule has 1 aliphatic rings. The molecular weight excluding hydrogens is 342 g/mol. The molecule has 1 aromatic carbocycles. The van der Waals surface area contributed by atoms with Crippen molar-refractivity contribution in [2.75, 3.05) is 13.1 Å². The smallest absolute Gasteiger partial charge is 0.251 e. The van der Waals surface area contributed by atoms with Gasteiger partial charge in [0.2, 0.25) is 5.91 Å². The number of benzene rings is 1. The van der Waals surface area contributed by atoms with Gasteiger partial charge in [-0.05, 0) is 32.4 Å². The fraction of sp³-hybridized carbons (Fsp3) is 0.450. The maximum Gasteiger partial charge on any atom is 0.251 e. The molecule has 7 nitrogen and oxygen atoms in total. The third-order valence-corrected chi connectivity index (χ3v) is 4.92. The average molecular weight is 369 g/mol. The van der Waals surface area contributed by atoms with Gasteiger partial charge in [-0.3, -0.25) is 19.2 Å². The molecular formula is C20H27N5O2. The molecule has 0 bridgehead atoms. The van der Waals surface area contributed by atoms with Crippen LogP contribution in [-0.2, 0) is 18.4 Å². The van der Waals surface area contributed by atoms with Gasteiger partial charge in [0.05, 0.1) is 11.7 Å². The molecule has 0 radical (unpaired) electrons. The van der Waals surface area contributed by atoms with Gasteiger partial charge in [-0.25, -0.2) is 0 Å². The second-order valence-corrected chi connectivity index (χ2v) is 7.03. The number of aromatic nitrogens is 2. The van der Waals surface area contributed by atoms with Crippen molar-refractivity contribution in [3.05, 3.63) is 53.3 Å². The van der Waals surface area contributed by atoms with E-state index in [4.69, 9.17) is 0 Å². The molecule has 0 saturated carbocycles. The number of nitrogens with one attached hydrogen (secondary N) is 2. The Hall–Kier alpha value is -2.67. The Labute approximate surface area is 159 Å². The van der Waals surface area contributed by atoms with E-state index in [2.05, 4.69) is 20.6 Å². The summed E-state index contributed by atoms with van der Waals surface area (Å²) in [7, 11) is 1.89. The second kappa shape index (κ2) is 8.35. The van der Waals surface area contributed by atoms with Crippen molar-refractivity contribution in [3.63, 3.8) is 0 Å². The topological polar surface area (TPSA) is 79.3 Å². The zero-order valence-electron chi connectivity index (χ0n) is 16.1. The summed E-state index contributed by atoms with van der Waals surface area (Å²) in [5.41, 5.74) is 2.69. The lowest BCUT2D eigenvalue weighted by Gasteiger charge is -2.22. The number of aryl methyl sites for hydroxylation is 2. The number of carbonyl (C=O) groups is 2. The molecule has 1 saturated heterocycles. The van der Waals surface area contributed by atoms with Crippen molar-refractivity contribution in [2.45, 2.75) is 38.9 Å². The van der Waals surface area contributed by atoms with Crippen LogP contribution in [0.1, 0.15) is 35.0 Å². The minimum atomic E-state index is -0.259. The molecule has 0 aliphatic carbocycles. The fourth-order valence-electron chi connectivity index (χ4n) is 3.63. The molecule has 3 rings (SSSR count). The van der Waals surface area contributed by atoms with Crippen LogP contribution in [-0.4, -0.2) is 51.7 Å². The van der Waals surface area contributed by atoms with Crippen LogP contribution in [0.5, 0.6) is 0 Å². The lowest BCUT2D eigenvalue weighted by atomic mass is 10.1. The number of likely N-dealkylation sites (tertiary alicyclic amines) is 1. The average Bonchev–Trinajstić information content (AvgIpc) is 3.18. The highest BCUT2D eigenvalue weighted by atomic mass is 16.2. The van der Waals surface area contributed by atoms with E-state index in [1.807, 2.05) is 45.3 Å². The highest BCUT2D eigenvalue weighted by Crippen LogP contribution is 2.22. The summed E-state index contributed by atoms with van der Waals surface area (Å²) < 4.78 is 1.79. The second-order valence-electron chi connectivity index (χ2n) is 7.03. The molecule has 1 aliphatic heterocycles. The largest absolute Gasteiger partial charge is 0.355 e. The highest BCUT2D eigenvalue weighted by molar-refractivity contribution is 5.94. The van der Waals surface area contributed by atoms with Crippen molar-refractivity contribution < 1.29 is 9.59 Å². The summed E-state index contributed by atoms with van der Waals surface area (Å²) in [6.07, 6.45) is 2.59. The van der Waals surface area contributed by atoms with Crippen LogP contribution in [0.4, 0.5) is 0 Å². The first kappa shape index (κ1) is 19.1. The first-order valence-electron chi connectivity index (χ1n) is 9.34. The number of rotatable bonds is 6. The van der Waals surface area contributed by atoms with E-state index < -0.39 is 0 Å². The number of likely N-dealkylation sites (N-methyl/N-ethyl adjacent to an activating group) is 1. The third kappa shape index (κ3) is 4.54. The third-order valence-electron chi connectivity index (χ3n) is 4.92. The fourth-order valence-corrected chi connectivity index (χ4v) is 3.63. The minimum absolute atomic E-state index is 0.00973. The molecule has 2 aromatic rings. The van der Waals surface area contributed by atoms with E-state index in [1.54, 1.807) is 16.8 Å². The predicted molar refractivity (Wildman–Crippen MR) is 103 cm³/mol.